The summed E-state index contributed by atoms with van der Waals surface area (Å²) in [6, 6.07) is 14.7. The maximum atomic E-state index is 13.8. The van der Waals surface area contributed by atoms with Crippen LogP contribution in [0.1, 0.15) is 32.4 Å². The van der Waals surface area contributed by atoms with E-state index in [9.17, 15) is 31.9 Å². The third-order valence-electron chi connectivity index (χ3n) is 5.27. The van der Waals surface area contributed by atoms with Crippen molar-refractivity contribution in [2.24, 2.45) is 0 Å². The largest absolute Gasteiger partial charge is 0.387 e. The van der Waals surface area contributed by atoms with Gasteiger partial charge >= 0.3 is 0 Å². The lowest BCUT2D eigenvalue weighted by molar-refractivity contribution is 0.0960. The number of anilines is 2. The molecule has 1 aliphatic heterocycles. The van der Waals surface area contributed by atoms with Gasteiger partial charge in [-0.05, 0) is 35.9 Å². The van der Waals surface area contributed by atoms with Crippen LogP contribution < -0.4 is 10.6 Å². The lowest BCUT2D eigenvalue weighted by Crippen LogP contribution is -2.21. The van der Waals surface area contributed by atoms with Gasteiger partial charge in [-0.2, -0.15) is 0 Å². The fourth-order valence-corrected chi connectivity index (χ4v) is 4.47. The van der Waals surface area contributed by atoms with E-state index in [1.165, 1.54) is 24.3 Å². The van der Waals surface area contributed by atoms with E-state index in [0.29, 0.717) is 17.4 Å². The Labute approximate surface area is 200 Å². The first-order chi connectivity index (χ1) is 16.5. The first kappa shape index (κ1) is 24.2. The Balaban J connectivity index is 1.79. The lowest BCUT2D eigenvalue weighted by Gasteiger charge is -2.14. The molecule has 3 aromatic rings. The minimum atomic E-state index is -3.51. The number of halogens is 2. The third kappa shape index (κ3) is 5.44. The van der Waals surface area contributed by atoms with Crippen LogP contribution in [0.15, 0.2) is 78.1 Å². The van der Waals surface area contributed by atoms with Gasteiger partial charge in [-0.1, -0.05) is 30.3 Å². The molecule has 0 spiro atoms. The van der Waals surface area contributed by atoms with Gasteiger partial charge in [-0.25, -0.2) is 17.2 Å². The number of para-hydroxylation sites is 2. The zero-order valence-electron chi connectivity index (χ0n) is 18.4. The van der Waals surface area contributed by atoms with Crippen molar-refractivity contribution < 1.29 is 31.9 Å². The Hall–Kier alpha value is -3.89. The highest BCUT2D eigenvalue weighted by Crippen LogP contribution is 2.33. The summed E-state index contributed by atoms with van der Waals surface area (Å²) in [6.07, 6.45) is -0.423. The van der Waals surface area contributed by atoms with Gasteiger partial charge in [0.05, 0.1) is 23.2 Å². The van der Waals surface area contributed by atoms with Gasteiger partial charge in [0.1, 0.15) is 32.9 Å². The lowest BCUT2D eigenvalue weighted by atomic mass is 9.94. The molecule has 0 saturated carbocycles. The van der Waals surface area contributed by atoms with Gasteiger partial charge in [-0.3, -0.25) is 9.59 Å². The first-order valence-electron chi connectivity index (χ1n) is 10.4. The van der Waals surface area contributed by atoms with Crippen LogP contribution in [0, 0.1) is 11.6 Å². The molecule has 1 heterocycles. The molecule has 0 bridgehead atoms. The Bertz CT molecular complexity index is 1440. The van der Waals surface area contributed by atoms with E-state index >= 15 is 0 Å². The van der Waals surface area contributed by atoms with Crippen LogP contribution >= 0.6 is 0 Å². The Morgan fingerprint density at radius 3 is 2.00 bits per heavy atom. The van der Waals surface area contributed by atoms with Crippen LogP contribution in [0.4, 0.5) is 20.2 Å². The number of aliphatic hydroxyl groups is 1. The second kappa shape index (κ2) is 9.40. The second-order valence-electron chi connectivity index (χ2n) is 8.10. The molecule has 0 aliphatic carbocycles. The molecule has 180 valence electrons. The highest BCUT2D eigenvalue weighted by molar-refractivity contribution is 7.90. The number of ketones is 2. The van der Waals surface area contributed by atoms with Crippen LogP contribution in [0.25, 0.3) is 0 Å². The van der Waals surface area contributed by atoms with E-state index in [-0.39, 0.29) is 22.5 Å². The first-order valence-corrected chi connectivity index (χ1v) is 12.5. The molecule has 35 heavy (non-hydrogen) atoms. The summed E-state index contributed by atoms with van der Waals surface area (Å²) >= 11 is 0. The molecule has 3 N–H and O–H groups in total. The topological polar surface area (TPSA) is 113 Å². The van der Waals surface area contributed by atoms with E-state index in [4.69, 9.17) is 0 Å². The number of nitrogens with one attached hydrogen (secondary N) is 2. The van der Waals surface area contributed by atoms with Crippen molar-refractivity contribution in [3.63, 3.8) is 0 Å². The number of carbonyl (C=O) groups is 2. The van der Waals surface area contributed by atoms with Crippen LogP contribution in [0.3, 0.4) is 0 Å². The minimum absolute atomic E-state index is 0.0213. The summed E-state index contributed by atoms with van der Waals surface area (Å²) in [7, 11) is -3.51. The highest BCUT2D eigenvalue weighted by Gasteiger charge is 2.30. The fraction of sp³-hybridized carbons (Fsp3) is 0.120. The number of benzene rings is 3. The van der Waals surface area contributed by atoms with Crippen molar-refractivity contribution in [2.45, 2.75) is 6.10 Å². The van der Waals surface area contributed by atoms with Crippen LogP contribution in [0.5, 0.6) is 0 Å². The number of aliphatic hydroxyl groups excluding tert-OH is 1. The molecular weight excluding hydrogens is 478 g/mol. The minimum Gasteiger partial charge on any atom is -0.387 e. The van der Waals surface area contributed by atoms with E-state index < -0.39 is 50.5 Å². The summed E-state index contributed by atoms with van der Waals surface area (Å²) in [6.45, 7) is 0. The Morgan fingerprint density at radius 2 is 1.43 bits per heavy atom. The van der Waals surface area contributed by atoms with Crippen molar-refractivity contribution in [1.29, 1.82) is 0 Å². The van der Waals surface area contributed by atoms with Crippen molar-refractivity contribution in [3.8, 4) is 0 Å². The van der Waals surface area contributed by atoms with Crippen molar-refractivity contribution in [3.05, 3.63) is 106 Å². The number of carbonyl (C=O) groups excluding carboxylic acids is 2. The maximum absolute atomic E-state index is 13.8. The number of hydrogen-bond donors (Lipinski definition) is 3. The average molecular weight is 499 g/mol. The van der Waals surface area contributed by atoms with Gasteiger partial charge in [-0.15, -0.1) is 0 Å². The Morgan fingerprint density at radius 1 is 0.857 bits per heavy atom. The van der Waals surface area contributed by atoms with Gasteiger partial charge in [0.2, 0.25) is 11.6 Å². The average Bonchev–Trinajstić information content (AvgIpc) is 3.21. The fourth-order valence-electron chi connectivity index (χ4n) is 3.70. The number of hydrogen-bond acceptors (Lipinski definition) is 7. The zero-order valence-corrected chi connectivity index (χ0v) is 19.2. The highest BCUT2D eigenvalue weighted by atomic mass is 32.2. The van der Waals surface area contributed by atoms with Crippen LogP contribution in [0.2, 0.25) is 0 Å². The van der Waals surface area contributed by atoms with E-state index in [1.54, 1.807) is 24.3 Å². The smallest absolute Gasteiger partial charge is 0.200 e. The van der Waals surface area contributed by atoms with Gasteiger partial charge < -0.3 is 15.7 Å². The molecule has 0 radical (unpaired) electrons. The summed E-state index contributed by atoms with van der Waals surface area (Å²) in [5.41, 5.74) is 0.520. The molecule has 3 aromatic carbocycles. The summed E-state index contributed by atoms with van der Waals surface area (Å²) in [4.78, 5) is 27.0. The normalized spacial score (nSPS) is 13.4. The molecule has 0 aromatic heterocycles. The van der Waals surface area contributed by atoms with Crippen molar-refractivity contribution in [1.82, 2.24) is 0 Å². The molecule has 0 saturated heterocycles. The van der Waals surface area contributed by atoms with Gasteiger partial charge in [0.15, 0.2) is 0 Å². The summed E-state index contributed by atoms with van der Waals surface area (Å²) in [5, 5.41) is 16.2. The Kier molecular flexibility index (Phi) is 6.51. The predicted octanol–water partition coefficient (Wildman–Crippen LogP) is 3.86. The SMILES string of the molecule is CS(=O)(=O)CC(O)c1cccc(C(=O)C(C(=O)c2cc(F)cc(F)c2)=C2Nc3ccccc3N2)c1. The van der Waals surface area contributed by atoms with Crippen molar-refractivity contribution in [2.75, 3.05) is 22.6 Å². The van der Waals surface area contributed by atoms with E-state index in [1.807, 2.05) is 0 Å². The summed E-state index contributed by atoms with van der Waals surface area (Å²) in [5.74, 6) is -4.22. The molecule has 0 fully saturated rings. The van der Waals surface area contributed by atoms with E-state index in [0.717, 1.165) is 18.4 Å². The summed E-state index contributed by atoms with van der Waals surface area (Å²) < 4.78 is 50.8. The molecule has 7 nitrogen and oxygen atoms in total. The predicted molar refractivity (Wildman–Crippen MR) is 127 cm³/mol. The number of rotatable bonds is 7. The van der Waals surface area contributed by atoms with Gasteiger partial charge in [0.25, 0.3) is 0 Å². The van der Waals surface area contributed by atoms with E-state index in [2.05, 4.69) is 10.6 Å². The standard InChI is InChI=1S/C25H20F2N2O5S/c1-35(33,34)13-21(30)14-5-4-6-15(9-14)23(31)22(24(32)16-10-17(26)12-18(27)11-16)25-28-19-7-2-3-8-20(19)29-25/h2-12,21,28-30H,13H2,1H3. The second-order valence-corrected chi connectivity index (χ2v) is 10.3. The molecule has 4 rings (SSSR count). The van der Waals surface area contributed by atoms with Gasteiger partial charge in [0, 0.05) is 23.4 Å². The molecule has 1 atom stereocenters. The number of fused-ring (bicyclic) bond motifs is 1. The molecule has 10 heteroatoms. The van der Waals surface area contributed by atoms with Crippen LogP contribution in [-0.4, -0.2) is 37.1 Å². The molecule has 0 amide bonds. The monoisotopic (exact) mass is 498 g/mol. The number of allylic oxidation sites excluding steroid dienone is 1. The maximum Gasteiger partial charge on any atom is 0.200 e. The molecular formula is C25H20F2N2O5S. The molecule has 1 unspecified atom stereocenters. The quantitative estimate of drug-likeness (QED) is 0.196. The zero-order chi connectivity index (χ0) is 25.3. The molecule has 1 aliphatic rings. The van der Waals surface area contributed by atoms with Crippen LogP contribution in [-0.2, 0) is 9.84 Å². The van der Waals surface area contributed by atoms with Crippen molar-refractivity contribution >= 4 is 32.8 Å². The third-order valence-corrected chi connectivity index (χ3v) is 6.19. The number of Topliss-reactive ketones (excluding diaryl/α,β-unsaturated/α-hetero) is 2. The number of sulfone groups is 1.